The average molecular weight is 395 g/mol. The number of carbonyl (C=O) groups is 1. The summed E-state index contributed by atoms with van der Waals surface area (Å²) in [6.45, 7) is -0.741. The standard InChI is InChI=1S/C19H20F3N3O3/c20-19(21,22)10-28-13-5-6-15-24-16(18(23)26)17(25(15)8-13)12-7-11-3-1-2-4-14(11)27-9-12/h1-4,12-13H,5-10H2,(H2,23,26)/t12-,13?/m0/s1. The lowest BCUT2D eigenvalue weighted by Gasteiger charge is -2.30. The number of aryl methyl sites for hydroxylation is 1. The van der Waals surface area contributed by atoms with Crippen molar-refractivity contribution in [3.63, 3.8) is 0 Å². The summed E-state index contributed by atoms with van der Waals surface area (Å²) in [6, 6.07) is 7.63. The molecule has 1 aromatic heterocycles. The van der Waals surface area contributed by atoms with Crippen LogP contribution in [0.15, 0.2) is 24.3 Å². The minimum absolute atomic E-state index is 0.166. The Kier molecular flexibility index (Phi) is 4.78. The second kappa shape index (κ2) is 7.12. The van der Waals surface area contributed by atoms with Gasteiger partial charge in [0.1, 0.15) is 23.9 Å². The summed E-state index contributed by atoms with van der Waals surface area (Å²) < 4.78 is 50.2. The van der Waals surface area contributed by atoms with Gasteiger partial charge in [-0.3, -0.25) is 4.79 Å². The highest BCUT2D eigenvalue weighted by molar-refractivity contribution is 5.92. The lowest BCUT2D eigenvalue weighted by molar-refractivity contribution is -0.188. The van der Waals surface area contributed by atoms with Gasteiger partial charge < -0.3 is 19.8 Å². The van der Waals surface area contributed by atoms with E-state index in [1.807, 2.05) is 24.3 Å². The van der Waals surface area contributed by atoms with E-state index in [1.54, 1.807) is 4.57 Å². The zero-order valence-electron chi connectivity index (χ0n) is 15.0. The number of ether oxygens (including phenoxy) is 2. The van der Waals surface area contributed by atoms with Crippen molar-refractivity contribution in [3.05, 3.63) is 47.0 Å². The van der Waals surface area contributed by atoms with Crippen LogP contribution < -0.4 is 10.5 Å². The Morgan fingerprint density at radius 3 is 2.89 bits per heavy atom. The maximum absolute atomic E-state index is 12.5. The van der Waals surface area contributed by atoms with Crippen LogP contribution in [0, 0.1) is 0 Å². The Bertz CT molecular complexity index is 894. The zero-order valence-corrected chi connectivity index (χ0v) is 15.0. The molecule has 2 aliphatic heterocycles. The Hall–Kier alpha value is -2.55. The maximum Gasteiger partial charge on any atom is 0.411 e. The second-order valence-electron chi connectivity index (χ2n) is 7.14. The highest BCUT2D eigenvalue weighted by Gasteiger charge is 2.35. The number of fused-ring (bicyclic) bond motifs is 2. The van der Waals surface area contributed by atoms with Gasteiger partial charge >= 0.3 is 6.18 Å². The molecule has 9 heteroatoms. The molecule has 2 aromatic rings. The average Bonchev–Trinajstić information content (AvgIpc) is 3.04. The Morgan fingerprint density at radius 1 is 1.36 bits per heavy atom. The number of nitrogens with two attached hydrogens (primary N) is 1. The van der Waals surface area contributed by atoms with E-state index in [1.165, 1.54) is 0 Å². The molecular weight excluding hydrogens is 375 g/mol. The molecule has 1 unspecified atom stereocenters. The molecule has 4 rings (SSSR count). The highest BCUT2D eigenvalue weighted by atomic mass is 19.4. The molecule has 2 N–H and O–H groups in total. The van der Waals surface area contributed by atoms with Crippen LogP contribution in [0.5, 0.6) is 5.75 Å². The first-order valence-electron chi connectivity index (χ1n) is 9.10. The van der Waals surface area contributed by atoms with Crippen molar-refractivity contribution in [2.75, 3.05) is 13.2 Å². The summed E-state index contributed by atoms with van der Waals surface area (Å²) >= 11 is 0. The minimum Gasteiger partial charge on any atom is -0.493 e. The Balaban J connectivity index is 1.63. The summed E-state index contributed by atoms with van der Waals surface area (Å²) in [5.74, 6) is 0.627. The maximum atomic E-state index is 12.5. The van der Waals surface area contributed by atoms with Gasteiger partial charge in [0, 0.05) is 12.3 Å². The van der Waals surface area contributed by atoms with E-state index in [9.17, 15) is 18.0 Å². The van der Waals surface area contributed by atoms with E-state index in [2.05, 4.69) is 4.98 Å². The largest absolute Gasteiger partial charge is 0.493 e. The molecule has 0 saturated carbocycles. The van der Waals surface area contributed by atoms with Gasteiger partial charge in [0.2, 0.25) is 0 Å². The third kappa shape index (κ3) is 3.71. The quantitative estimate of drug-likeness (QED) is 0.863. The van der Waals surface area contributed by atoms with Gasteiger partial charge in [-0.1, -0.05) is 18.2 Å². The lowest BCUT2D eigenvalue weighted by atomic mass is 9.92. The highest BCUT2D eigenvalue weighted by Crippen LogP contribution is 2.35. The van der Waals surface area contributed by atoms with Crippen molar-refractivity contribution in [1.29, 1.82) is 0 Å². The molecule has 0 radical (unpaired) electrons. The number of hydrogen-bond acceptors (Lipinski definition) is 4. The van der Waals surface area contributed by atoms with Crippen molar-refractivity contribution in [2.24, 2.45) is 5.73 Å². The number of halogens is 3. The zero-order chi connectivity index (χ0) is 19.9. The number of amides is 1. The number of alkyl halides is 3. The van der Waals surface area contributed by atoms with Crippen LogP contribution in [0.4, 0.5) is 13.2 Å². The summed E-state index contributed by atoms with van der Waals surface area (Å²) in [7, 11) is 0. The summed E-state index contributed by atoms with van der Waals surface area (Å²) in [4.78, 5) is 16.4. The van der Waals surface area contributed by atoms with E-state index < -0.39 is 24.8 Å². The number of nitrogens with zero attached hydrogens (tertiary/aromatic N) is 2. The van der Waals surface area contributed by atoms with Crippen molar-refractivity contribution < 1.29 is 27.4 Å². The van der Waals surface area contributed by atoms with Gasteiger partial charge in [0.25, 0.3) is 5.91 Å². The SMILES string of the molecule is NC(=O)c1nc2n(c1[C@@H]1COc3ccccc3C1)CC(OCC(F)(F)F)CC2. The van der Waals surface area contributed by atoms with Crippen molar-refractivity contribution in [2.45, 2.75) is 44.0 Å². The molecule has 1 amide bonds. The van der Waals surface area contributed by atoms with Crippen LogP contribution in [0.2, 0.25) is 0 Å². The third-order valence-corrected chi connectivity index (χ3v) is 5.14. The summed E-state index contributed by atoms with van der Waals surface area (Å²) in [5.41, 5.74) is 7.34. The number of primary amides is 1. The topological polar surface area (TPSA) is 79.4 Å². The molecule has 6 nitrogen and oxygen atoms in total. The first kappa shape index (κ1) is 18.8. The van der Waals surface area contributed by atoms with Crippen LogP contribution >= 0.6 is 0 Å². The normalized spacial score (nSPS) is 21.5. The smallest absolute Gasteiger partial charge is 0.411 e. The number of para-hydroxylation sites is 1. The van der Waals surface area contributed by atoms with Crippen LogP contribution in [0.1, 0.15) is 39.9 Å². The number of rotatable bonds is 4. The fourth-order valence-electron chi connectivity index (χ4n) is 3.94. The van der Waals surface area contributed by atoms with Crippen LogP contribution in [-0.4, -0.2) is 41.0 Å². The molecule has 1 aromatic carbocycles. The van der Waals surface area contributed by atoms with Crippen molar-refractivity contribution in [3.8, 4) is 5.75 Å². The fraction of sp³-hybridized carbons (Fsp3) is 0.474. The Labute approximate surface area is 159 Å². The molecule has 0 bridgehead atoms. The molecule has 0 aliphatic carbocycles. The van der Waals surface area contributed by atoms with E-state index in [-0.39, 0.29) is 18.2 Å². The summed E-state index contributed by atoms with van der Waals surface area (Å²) in [6.07, 6.45) is -3.51. The molecule has 3 heterocycles. The van der Waals surface area contributed by atoms with Gasteiger partial charge in [-0.2, -0.15) is 13.2 Å². The molecule has 28 heavy (non-hydrogen) atoms. The molecule has 150 valence electrons. The predicted molar refractivity (Wildman–Crippen MR) is 93.2 cm³/mol. The van der Waals surface area contributed by atoms with E-state index in [0.717, 1.165) is 11.3 Å². The van der Waals surface area contributed by atoms with Gasteiger partial charge in [-0.15, -0.1) is 0 Å². The van der Waals surface area contributed by atoms with Crippen molar-refractivity contribution >= 4 is 5.91 Å². The van der Waals surface area contributed by atoms with Crippen LogP contribution in [0.3, 0.4) is 0 Å². The molecular formula is C19H20F3N3O3. The first-order valence-corrected chi connectivity index (χ1v) is 9.10. The van der Waals surface area contributed by atoms with E-state index >= 15 is 0 Å². The molecule has 2 atom stereocenters. The van der Waals surface area contributed by atoms with Crippen LogP contribution in [0.25, 0.3) is 0 Å². The number of carbonyl (C=O) groups excluding carboxylic acids is 1. The third-order valence-electron chi connectivity index (χ3n) is 5.14. The first-order chi connectivity index (χ1) is 13.3. The number of benzene rings is 1. The number of imidazole rings is 1. The fourth-order valence-corrected chi connectivity index (χ4v) is 3.94. The van der Waals surface area contributed by atoms with Gasteiger partial charge in [0.15, 0.2) is 0 Å². The van der Waals surface area contributed by atoms with Gasteiger partial charge in [-0.25, -0.2) is 4.98 Å². The Morgan fingerprint density at radius 2 is 2.14 bits per heavy atom. The van der Waals surface area contributed by atoms with Crippen molar-refractivity contribution in [1.82, 2.24) is 9.55 Å². The molecule has 2 aliphatic rings. The van der Waals surface area contributed by atoms with Crippen LogP contribution in [-0.2, 0) is 24.1 Å². The molecule has 0 spiro atoms. The number of aromatic nitrogens is 2. The molecule has 0 fully saturated rings. The summed E-state index contributed by atoms with van der Waals surface area (Å²) in [5, 5.41) is 0. The monoisotopic (exact) mass is 395 g/mol. The van der Waals surface area contributed by atoms with Gasteiger partial charge in [0.05, 0.1) is 24.9 Å². The second-order valence-corrected chi connectivity index (χ2v) is 7.14. The minimum atomic E-state index is -4.38. The molecule has 0 saturated heterocycles. The lowest BCUT2D eigenvalue weighted by Crippen LogP contribution is -2.33. The van der Waals surface area contributed by atoms with E-state index in [0.29, 0.717) is 37.4 Å². The van der Waals surface area contributed by atoms with Gasteiger partial charge in [-0.05, 0) is 24.5 Å². The van der Waals surface area contributed by atoms with E-state index in [4.69, 9.17) is 15.2 Å². The number of hydrogen-bond donors (Lipinski definition) is 1. The predicted octanol–water partition coefficient (Wildman–Crippen LogP) is 2.59.